The standard InChI is InChI=1S/C42H36BrCl2N3O8/c1-55-26-10-5-23(6-11-26)42-30(39(52)48(41(42)54)46-33-14-7-24(44)19-32(33)45)20-29-27(36(42)22-17-31(43)37(50)34(18-22)56-2)12-13-28-35(29)40(53)47(38(28)51)16-15-21-3-8-25(49)9-4-21/h3-12,14,17-19,28-30,35-36,46,49-50H,13,15-16,20H2,1-2H3/t28-,29+,30-,35-,36-,42+/m0/s1. The summed E-state index contributed by atoms with van der Waals surface area (Å²) in [6, 6.07) is 21.7. The van der Waals surface area contributed by atoms with Gasteiger partial charge in [0, 0.05) is 17.5 Å². The van der Waals surface area contributed by atoms with Gasteiger partial charge < -0.3 is 19.7 Å². The maximum atomic E-state index is 15.5. The Morgan fingerprint density at radius 2 is 1.61 bits per heavy atom. The Morgan fingerprint density at radius 1 is 0.875 bits per heavy atom. The summed E-state index contributed by atoms with van der Waals surface area (Å²) in [5.74, 6) is -4.96. The number of benzene rings is 4. The number of nitrogens with zero attached hydrogens (tertiary/aromatic N) is 2. The number of carbonyl (C=O) groups excluding carboxylic acids is 4. The molecule has 288 valence electrons. The molecule has 2 heterocycles. The quantitative estimate of drug-likeness (QED) is 0.116. The van der Waals surface area contributed by atoms with Gasteiger partial charge in [0.2, 0.25) is 11.8 Å². The van der Waals surface area contributed by atoms with Crippen LogP contribution in [0.25, 0.3) is 0 Å². The summed E-state index contributed by atoms with van der Waals surface area (Å²) in [7, 11) is 2.95. The summed E-state index contributed by atoms with van der Waals surface area (Å²) >= 11 is 16.2. The van der Waals surface area contributed by atoms with Crippen LogP contribution in [0.3, 0.4) is 0 Å². The van der Waals surface area contributed by atoms with Crippen molar-refractivity contribution >= 4 is 68.4 Å². The Hall–Kier alpha value is -5.04. The number of hydrogen-bond donors (Lipinski definition) is 3. The number of anilines is 1. The predicted molar refractivity (Wildman–Crippen MR) is 212 cm³/mol. The number of carbonyl (C=O) groups is 4. The van der Waals surface area contributed by atoms with Crippen LogP contribution < -0.4 is 14.9 Å². The summed E-state index contributed by atoms with van der Waals surface area (Å²) in [4.78, 5) is 60.3. The van der Waals surface area contributed by atoms with E-state index in [2.05, 4.69) is 21.4 Å². The first-order chi connectivity index (χ1) is 26.9. The Kier molecular flexibility index (Phi) is 9.79. The van der Waals surface area contributed by atoms with Gasteiger partial charge in [-0.15, -0.1) is 0 Å². The van der Waals surface area contributed by atoms with Crippen molar-refractivity contribution in [1.29, 1.82) is 0 Å². The number of aromatic hydroxyl groups is 2. The van der Waals surface area contributed by atoms with Crippen molar-refractivity contribution in [3.8, 4) is 23.0 Å². The molecule has 4 amide bonds. The van der Waals surface area contributed by atoms with E-state index in [0.717, 1.165) is 16.1 Å². The fourth-order valence-electron chi connectivity index (χ4n) is 9.32. The van der Waals surface area contributed by atoms with Crippen molar-refractivity contribution in [2.24, 2.45) is 23.7 Å². The number of amides is 4. The second-order valence-corrected chi connectivity index (χ2v) is 16.2. The van der Waals surface area contributed by atoms with Crippen LogP contribution >= 0.6 is 39.1 Å². The molecule has 4 aromatic carbocycles. The van der Waals surface area contributed by atoms with Crippen LogP contribution in [-0.4, -0.2) is 64.5 Å². The lowest BCUT2D eigenvalue weighted by Gasteiger charge is -2.50. The SMILES string of the molecule is COc1ccc([C@@]23C(=O)N(Nc4ccc(Cl)cc4Cl)C(=O)[C@@H]2C[C@@H]2C(=CC[C@@H]4C(=O)N(CCc5ccc(O)cc5)C(=O)[C@@H]42)[C@@H]3c2cc(Br)c(O)c(OC)c2)cc1. The molecule has 4 aromatic rings. The molecular formula is C42H36BrCl2N3O8. The fraction of sp³-hybridized carbons (Fsp3) is 0.286. The molecule has 3 fully saturated rings. The van der Waals surface area contributed by atoms with Gasteiger partial charge in [0.25, 0.3) is 11.8 Å². The topological polar surface area (TPSA) is 146 Å². The Morgan fingerprint density at radius 3 is 2.29 bits per heavy atom. The lowest BCUT2D eigenvalue weighted by atomic mass is 9.49. The third-order valence-electron chi connectivity index (χ3n) is 11.8. The summed E-state index contributed by atoms with van der Waals surface area (Å²) in [5.41, 5.74) is 4.37. The Labute approximate surface area is 340 Å². The van der Waals surface area contributed by atoms with E-state index in [-0.39, 0.29) is 59.2 Å². The van der Waals surface area contributed by atoms with Crippen LogP contribution in [0.2, 0.25) is 10.0 Å². The lowest BCUT2D eigenvalue weighted by Crippen LogP contribution is -2.53. The highest BCUT2D eigenvalue weighted by atomic mass is 79.9. The van der Waals surface area contributed by atoms with E-state index < -0.39 is 46.8 Å². The molecule has 0 aromatic heterocycles. The van der Waals surface area contributed by atoms with Crippen molar-refractivity contribution < 1.29 is 38.9 Å². The highest BCUT2D eigenvalue weighted by Crippen LogP contribution is 2.64. The van der Waals surface area contributed by atoms with Crippen molar-refractivity contribution in [2.75, 3.05) is 26.2 Å². The average molecular weight is 862 g/mol. The zero-order valence-corrected chi connectivity index (χ0v) is 33.3. The van der Waals surface area contributed by atoms with Crippen LogP contribution in [0, 0.1) is 23.7 Å². The minimum atomic E-state index is -1.59. The average Bonchev–Trinajstić information content (AvgIpc) is 3.56. The van der Waals surface area contributed by atoms with Gasteiger partial charge in [-0.3, -0.25) is 29.5 Å². The smallest absolute Gasteiger partial charge is 0.260 e. The molecule has 2 aliphatic carbocycles. The molecule has 2 aliphatic heterocycles. The molecule has 0 spiro atoms. The van der Waals surface area contributed by atoms with E-state index in [1.165, 1.54) is 25.2 Å². The first kappa shape index (κ1) is 37.9. The van der Waals surface area contributed by atoms with Gasteiger partial charge in [0.1, 0.15) is 11.5 Å². The number of imide groups is 2. The van der Waals surface area contributed by atoms with E-state index in [9.17, 15) is 24.6 Å². The number of phenolic OH excluding ortho intramolecular Hbond substituents is 2. The zero-order valence-electron chi connectivity index (χ0n) is 30.2. The number of nitrogens with one attached hydrogen (secondary N) is 1. The Bertz CT molecular complexity index is 2320. The maximum absolute atomic E-state index is 15.5. The number of methoxy groups -OCH3 is 2. The summed E-state index contributed by atoms with van der Waals surface area (Å²) in [5, 5.41) is 22.2. The minimum Gasteiger partial charge on any atom is -0.508 e. The number of hydrogen-bond acceptors (Lipinski definition) is 9. The monoisotopic (exact) mass is 859 g/mol. The number of ether oxygens (including phenoxy) is 2. The minimum absolute atomic E-state index is 0.0911. The predicted octanol–water partition coefficient (Wildman–Crippen LogP) is 7.41. The molecule has 8 rings (SSSR count). The largest absolute Gasteiger partial charge is 0.508 e. The molecule has 0 unspecified atom stereocenters. The van der Waals surface area contributed by atoms with Crippen molar-refractivity contribution in [1.82, 2.24) is 9.91 Å². The fourth-order valence-corrected chi connectivity index (χ4v) is 10.2. The van der Waals surface area contributed by atoms with Crippen LogP contribution in [0.4, 0.5) is 5.69 Å². The van der Waals surface area contributed by atoms with E-state index in [0.29, 0.717) is 32.8 Å². The number of rotatable bonds is 9. The second kappa shape index (κ2) is 14.5. The van der Waals surface area contributed by atoms with Gasteiger partial charge in [0.05, 0.1) is 52.6 Å². The van der Waals surface area contributed by atoms with Gasteiger partial charge in [-0.2, -0.15) is 5.01 Å². The Balaban J connectivity index is 1.29. The highest BCUT2D eigenvalue weighted by molar-refractivity contribution is 9.10. The van der Waals surface area contributed by atoms with E-state index in [4.69, 9.17) is 32.7 Å². The number of likely N-dealkylation sites (tertiary alicyclic amines) is 1. The molecule has 3 N–H and O–H groups in total. The van der Waals surface area contributed by atoms with Crippen molar-refractivity contribution in [3.05, 3.63) is 122 Å². The third-order valence-corrected chi connectivity index (χ3v) is 13.0. The van der Waals surface area contributed by atoms with Gasteiger partial charge in [0.15, 0.2) is 11.5 Å². The number of hydrazine groups is 1. The second-order valence-electron chi connectivity index (χ2n) is 14.5. The summed E-state index contributed by atoms with van der Waals surface area (Å²) in [6.07, 6.45) is 2.70. The first-order valence-corrected chi connectivity index (χ1v) is 19.6. The maximum Gasteiger partial charge on any atom is 0.260 e. The molecule has 4 aliphatic rings. The molecule has 0 bridgehead atoms. The van der Waals surface area contributed by atoms with Crippen LogP contribution in [0.5, 0.6) is 23.0 Å². The van der Waals surface area contributed by atoms with E-state index in [1.54, 1.807) is 72.8 Å². The van der Waals surface area contributed by atoms with Crippen LogP contribution in [0.15, 0.2) is 95.0 Å². The summed E-state index contributed by atoms with van der Waals surface area (Å²) < 4.78 is 11.4. The normalized spacial score (nSPS) is 25.4. The van der Waals surface area contributed by atoms with Crippen molar-refractivity contribution in [3.63, 3.8) is 0 Å². The van der Waals surface area contributed by atoms with Gasteiger partial charge in [-0.1, -0.05) is 59.1 Å². The molecule has 6 atom stereocenters. The molecule has 0 radical (unpaired) electrons. The lowest BCUT2D eigenvalue weighted by molar-refractivity contribution is -0.141. The van der Waals surface area contributed by atoms with Crippen LogP contribution in [-0.2, 0) is 31.0 Å². The van der Waals surface area contributed by atoms with Crippen molar-refractivity contribution in [2.45, 2.75) is 30.6 Å². The first-order valence-electron chi connectivity index (χ1n) is 18.0. The van der Waals surface area contributed by atoms with Gasteiger partial charge in [-0.25, -0.2) is 0 Å². The zero-order chi connectivity index (χ0) is 39.6. The van der Waals surface area contributed by atoms with Crippen LogP contribution in [0.1, 0.15) is 35.4 Å². The van der Waals surface area contributed by atoms with E-state index in [1.807, 2.05) is 6.08 Å². The molecule has 56 heavy (non-hydrogen) atoms. The number of fused-ring (bicyclic) bond motifs is 4. The number of halogens is 3. The number of phenols is 2. The molecular weight excluding hydrogens is 825 g/mol. The summed E-state index contributed by atoms with van der Waals surface area (Å²) in [6.45, 7) is 0.152. The molecule has 1 saturated carbocycles. The molecule has 2 saturated heterocycles. The molecule has 11 nitrogen and oxygen atoms in total. The van der Waals surface area contributed by atoms with Gasteiger partial charge >= 0.3 is 0 Å². The number of allylic oxidation sites excluding steroid dienone is 2. The molecule has 14 heteroatoms. The van der Waals surface area contributed by atoms with Gasteiger partial charge in [-0.05, 0) is 112 Å². The third kappa shape index (κ3) is 5.92. The highest BCUT2D eigenvalue weighted by Gasteiger charge is 2.70. The van der Waals surface area contributed by atoms with E-state index >= 15 is 4.79 Å².